The summed E-state index contributed by atoms with van der Waals surface area (Å²) in [6.45, 7) is 13.1. The predicted molar refractivity (Wildman–Crippen MR) is 87.5 cm³/mol. The minimum Gasteiger partial charge on any atom is -0.444 e. The molecule has 1 unspecified atom stereocenters. The molecule has 0 bridgehead atoms. The number of hydrogen-bond acceptors (Lipinski definition) is 3. The van der Waals surface area contributed by atoms with Gasteiger partial charge in [-0.3, -0.25) is 0 Å². The van der Waals surface area contributed by atoms with Crippen molar-refractivity contribution in [3.05, 3.63) is 0 Å². The zero-order chi connectivity index (χ0) is 15.9. The first-order chi connectivity index (χ1) is 9.83. The first kappa shape index (κ1) is 18.3. The van der Waals surface area contributed by atoms with Gasteiger partial charge in [-0.25, -0.2) is 4.79 Å². The smallest absolute Gasteiger partial charge is 0.410 e. The number of amides is 1. The summed E-state index contributed by atoms with van der Waals surface area (Å²) in [5.74, 6) is 0.736. The molecule has 21 heavy (non-hydrogen) atoms. The molecule has 4 heteroatoms. The van der Waals surface area contributed by atoms with Crippen LogP contribution >= 0.6 is 0 Å². The van der Waals surface area contributed by atoms with E-state index in [1.54, 1.807) is 0 Å². The van der Waals surface area contributed by atoms with Crippen LogP contribution < -0.4 is 5.32 Å². The highest BCUT2D eigenvalue weighted by Gasteiger charge is 2.34. The van der Waals surface area contributed by atoms with Crippen molar-refractivity contribution in [1.29, 1.82) is 0 Å². The lowest BCUT2D eigenvalue weighted by atomic mass is 10.1. The second-order valence-corrected chi connectivity index (χ2v) is 7.36. The lowest BCUT2D eigenvalue weighted by molar-refractivity contribution is 0.0232. The lowest BCUT2D eigenvalue weighted by Crippen LogP contribution is -2.39. The van der Waals surface area contributed by atoms with Gasteiger partial charge < -0.3 is 15.0 Å². The summed E-state index contributed by atoms with van der Waals surface area (Å²) in [7, 11) is 0. The van der Waals surface area contributed by atoms with Gasteiger partial charge in [0.25, 0.3) is 0 Å². The average Bonchev–Trinajstić information content (AvgIpc) is 3.15. The van der Waals surface area contributed by atoms with E-state index in [-0.39, 0.29) is 6.09 Å². The maximum absolute atomic E-state index is 12.2. The highest BCUT2D eigenvalue weighted by atomic mass is 16.6. The van der Waals surface area contributed by atoms with Crippen molar-refractivity contribution in [2.75, 3.05) is 19.6 Å². The van der Waals surface area contributed by atoms with Crippen molar-refractivity contribution in [3.8, 4) is 0 Å². The first-order valence-corrected chi connectivity index (χ1v) is 8.53. The molecule has 1 atom stereocenters. The van der Waals surface area contributed by atoms with Crippen LogP contribution in [0.1, 0.15) is 66.7 Å². The summed E-state index contributed by atoms with van der Waals surface area (Å²) in [5.41, 5.74) is -0.405. The van der Waals surface area contributed by atoms with Crippen molar-refractivity contribution in [3.63, 3.8) is 0 Å². The van der Waals surface area contributed by atoms with Gasteiger partial charge in [0.2, 0.25) is 0 Å². The van der Waals surface area contributed by atoms with Crippen molar-refractivity contribution in [1.82, 2.24) is 10.2 Å². The van der Waals surface area contributed by atoms with E-state index in [0.717, 1.165) is 44.8 Å². The molecule has 1 N–H and O–H groups in total. The molecule has 0 aliphatic heterocycles. The molecule has 1 amide bonds. The van der Waals surface area contributed by atoms with Crippen LogP contribution in [0.25, 0.3) is 0 Å². The van der Waals surface area contributed by atoms with Gasteiger partial charge in [0.05, 0.1) is 0 Å². The van der Waals surface area contributed by atoms with Crippen LogP contribution in [-0.4, -0.2) is 42.3 Å². The van der Waals surface area contributed by atoms with Crippen molar-refractivity contribution in [2.45, 2.75) is 78.4 Å². The van der Waals surface area contributed by atoms with Gasteiger partial charge in [0.1, 0.15) is 5.60 Å². The number of carbonyl (C=O) groups is 1. The van der Waals surface area contributed by atoms with Gasteiger partial charge in [-0.05, 0) is 65.5 Å². The van der Waals surface area contributed by atoms with Gasteiger partial charge in [0, 0.05) is 12.6 Å². The third-order valence-electron chi connectivity index (χ3n) is 3.64. The van der Waals surface area contributed by atoms with Gasteiger partial charge in [-0.15, -0.1) is 0 Å². The summed E-state index contributed by atoms with van der Waals surface area (Å²) in [6.07, 6.45) is 5.62. The predicted octanol–water partition coefficient (Wildman–Crippen LogP) is 3.80. The minimum atomic E-state index is -0.405. The topological polar surface area (TPSA) is 41.6 Å². The molecule has 0 heterocycles. The van der Waals surface area contributed by atoms with Crippen LogP contribution in [-0.2, 0) is 4.74 Å². The Morgan fingerprint density at radius 2 is 2.05 bits per heavy atom. The Hall–Kier alpha value is -0.770. The van der Waals surface area contributed by atoms with Gasteiger partial charge >= 0.3 is 6.09 Å². The van der Waals surface area contributed by atoms with Gasteiger partial charge in [0.15, 0.2) is 0 Å². The second kappa shape index (κ2) is 8.62. The summed E-state index contributed by atoms with van der Waals surface area (Å²) < 4.78 is 5.49. The van der Waals surface area contributed by atoms with E-state index in [1.165, 1.54) is 12.8 Å². The van der Waals surface area contributed by atoms with Crippen molar-refractivity contribution >= 4 is 6.09 Å². The zero-order valence-corrected chi connectivity index (χ0v) is 14.6. The van der Waals surface area contributed by atoms with Crippen LogP contribution in [0.4, 0.5) is 4.79 Å². The van der Waals surface area contributed by atoms with Gasteiger partial charge in [-0.1, -0.05) is 20.3 Å². The van der Waals surface area contributed by atoms with E-state index < -0.39 is 5.60 Å². The molecule has 0 spiro atoms. The Labute approximate surface area is 130 Å². The quantitative estimate of drug-likeness (QED) is 0.658. The fourth-order valence-electron chi connectivity index (χ4n) is 2.45. The van der Waals surface area contributed by atoms with Crippen LogP contribution in [0.15, 0.2) is 0 Å². The van der Waals surface area contributed by atoms with E-state index in [1.807, 2.05) is 25.7 Å². The van der Waals surface area contributed by atoms with E-state index in [9.17, 15) is 4.79 Å². The Morgan fingerprint density at radius 3 is 2.57 bits per heavy atom. The van der Waals surface area contributed by atoms with E-state index in [4.69, 9.17) is 4.74 Å². The number of hydrogen-bond donors (Lipinski definition) is 1. The highest BCUT2D eigenvalue weighted by molar-refractivity contribution is 5.69. The standard InChI is InChI=1S/C17H34N2O2/c1-6-8-14(2)13-18-11-7-12-19(15-9-10-15)16(20)21-17(3,4)5/h14-15,18H,6-13H2,1-5H3. The summed E-state index contributed by atoms with van der Waals surface area (Å²) in [6, 6.07) is 0.416. The second-order valence-electron chi connectivity index (χ2n) is 7.36. The van der Waals surface area contributed by atoms with Crippen LogP contribution in [0.2, 0.25) is 0 Å². The maximum atomic E-state index is 12.2. The first-order valence-electron chi connectivity index (χ1n) is 8.53. The van der Waals surface area contributed by atoms with Crippen LogP contribution in [0, 0.1) is 5.92 Å². The third-order valence-corrected chi connectivity index (χ3v) is 3.64. The lowest BCUT2D eigenvalue weighted by Gasteiger charge is -2.27. The Bertz CT molecular complexity index is 308. The molecule has 1 saturated carbocycles. The SMILES string of the molecule is CCCC(C)CNCCCN(C(=O)OC(C)(C)C)C1CC1. The summed E-state index contributed by atoms with van der Waals surface area (Å²) >= 11 is 0. The maximum Gasteiger partial charge on any atom is 0.410 e. The number of ether oxygens (including phenoxy) is 1. The van der Waals surface area contributed by atoms with Crippen molar-refractivity contribution in [2.24, 2.45) is 5.92 Å². The van der Waals surface area contributed by atoms with Gasteiger partial charge in [-0.2, -0.15) is 0 Å². The number of rotatable bonds is 9. The molecule has 0 aromatic carbocycles. The minimum absolute atomic E-state index is 0.149. The molecule has 1 aliphatic carbocycles. The average molecular weight is 298 g/mol. The number of carbonyl (C=O) groups excluding carboxylic acids is 1. The van der Waals surface area contributed by atoms with E-state index in [2.05, 4.69) is 19.2 Å². The Balaban J connectivity index is 2.21. The summed E-state index contributed by atoms with van der Waals surface area (Å²) in [5, 5.41) is 3.49. The molecule has 0 aromatic rings. The third kappa shape index (κ3) is 8.30. The molecule has 4 nitrogen and oxygen atoms in total. The van der Waals surface area contributed by atoms with E-state index in [0.29, 0.717) is 6.04 Å². The molecule has 124 valence electrons. The molecule has 0 aromatic heterocycles. The number of nitrogens with one attached hydrogen (secondary N) is 1. The Morgan fingerprint density at radius 1 is 1.38 bits per heavy atom. The van der Waals surface area contributed by atoms with Crippen molar-refractivity contribution < 1.29 is 9.53 Å². The Kier molecular flexibility index (Phi) is 7.50. The molecule has 1 fully saturated rings. The molecule has 1 aliphatic rings. The largest absolute Gasteiger partial charge is 0.444 e. The van der Waals surface area contributed by atoms with Crippen LogP contribution in [0.3, 0.4) is 0 Å². The molecule has 0 saturated heterocycles. The number of nitrogens with zero attached hydrogens (tertiary/aromatic N) is 1. The molecule has 0 radical (unpaired) electrons. The fraction of sp³-hybridized carbons (Fsp3) is 0.941. The molecule has 1 rings (SSSR count). The normalized spacial score (nSPS) is 16.6. The summed E-state index contributed by atoms with van der Waals surface area (Å²) in [4.78, 5) is 14.1. The van der Waals surface area contributed by atoms with E-state index >= 15 is 0 Å². The zero-order valence-electron chi connectivity index (χ0n) is 14.6. The monoisotopic (exact) mass is 298 g/mol. The fourth-order valence-corrected chi connectivity index (χ4v) is 2.45. The molecular weight excluding hydrogens is 264 g/mol. The van der Waals surface area contributed by atoms with Crippen LogP contribution in [0.5, 0.6) is 0 Å². The molecular formula is C17H34N2O2. The highest BCUT2D eigenvalue weighted by Crippen LogP contribution is 2.28.